The maximum atomic E-state index is 5.64. The van der Waals surface area contributed by atoms with Crippen molar-refractivity contribution in [3.05, 3.63) is 35.9 Å². The third-order valence-electron chi connectivity index (χ3n) is 2.26. The van der Waals surface area contributed by atoms with E-state index in [9.17, 15) is 0 Å². The Balaban J connectivity index is 2.32. The van der Waals surface area contributed by atoms with Crippen molar-refractivity contribution in [2.45, 2.75) is 13.3 Å². The highest BCUT2D eigenvalue weighted by atomic mass is 16.5. The lowest BCUT2D eigenvalue weighted by Crippen LogP contribution is -2.15. The van der Waals surface area contributed by atoms with Crippen molar-refractivity contribution in [1.29, 1.82) is 0 Å². The third-order valence-corrected chi connectivity index (χ3v) is 2.26. The molecule has 0 aliphatic rings. The molecule has 0 radical (unpaired) electrons. The molecule has 0 saturated heterocycles. The van der Waals surface area contributed by atoms with Crippen LogP contribution in [0.3, 0.4) is 0 Å². The number of nitrogens with zero attached hydrogens (tertiary/aromatic N) is 1. The van der Waals surface area contributed by atoms with Gasteiger partial charge in [0.2, 0.25) is 0 Å². The van der Waals surface area contributed by atoms with Crippen molar-refractivity contribution < 1.29 is 4.74 Å². The molecule has 0 amide bonds. The summed E-state index contributed by atoms with van der Waals surface area (Å²) in [6.45, 7) is 3.86. The first-order valence-corrected chi connectivity index (χ1v) is 5.72. The summed E-state index contributed by atoms with van der Waals surface area (Å²) in [5.74, 6) is 0.951. The summed E-state index contributed by atoms with van der Waals surface area (Å²) in [5.41, 5.74) is 1.21. The van der Waals surface area contributed by atoms with E-state index in [1.165, 1.54) is 5.56 Å². The molecule has 1 aromatic rings. The van der Waals surface area contributed by atoms with Gasteiger partial charge in [0, 0.05) is 6.54 Å². The fourth-order valence-electron chi connectivity index (χ4n) is 1.44. The molecule has 0 saturated carbocycles. The summed E-state index contributed by atoms with van der Waals surface area (Å²) in [7, 11) is 4.15. The lowest BCUT2D eigenvalue weighted by atomic mass is 10.2. The molecule has 2 heteroatoms. The number of hydrogen-bond donors (Lipinski definition) is 0. The van der Waals surface area contributed by atoms with Crippen molar-refractivity contribution in [2.24, 2.45) is 0 Å². The van der Waals surface area contributed by atoms with Crippen LogP contribution in [0, 0.1) is 0 Å². The van der Waals surface area contributed by atoms with Crippen LogP contribution in [-0.2, 0) is 0 Å². The van der Waals surface area contributed by atoms with Crippen LogP contribution < -0.4 is 4.74 Å². The highest BCUT2D eigenvalue weighted by molar-refractivity contribution is 5.50. The highest BCUT2D eigenvalue weighted by Gasteiger charge is 1.94. The topological polar surface area (TPSA) is 12.5 Å². The van der Waals surface area contributed by atoms with Gasteiger partial charge in [0.25, 0.3) is 0 Å². The maximum absolute atomic E-state index is 5.64. The van der Waals surface area contributed by atoms with E-state index in [-0.39, 0.29) is 0 Å². The minimum atomic E-state index is 0.779. The van der Waals surface area contributed by atoms with Crippen LogP contribution in [0.2, 0.25) is 0 Å². The van der Waals surface area contributed by atoms with Crippen LogP contribution in [-0.4, -0.2) is 32.1 Å². The smallest absolute Gasteiger partial charge is 0.119 e. The predicted molar refractivity (Wildman–Crippen MR) is 69.8 cm³/mol. The molecule has 0 spiro atoms. The Morgan fingerprint density at radius 2 is 1.88 bits per heavy atom. The quantitative estimate of drug-likeness (QED) is 0.682. The van der Waals surface area contributed by atoms with E-state index >= 15 is 0 Å². The van der Waals surface area contributed by atoms with Gasteiger partial charge in [-0.2, -0.15) is 0 Å². The first kappa shape index (κ1) is 12.8. The van der Waals surface area contributed by atoms with Crippen LogP contribution in [0.4, 0.5) is 0 Å². The van der Waals surface area contributed by atoms with Crippen molar-refractivity contribution in [3.8, 4) is 5.75 Å². The molecular formula is C14H21NO. The van der Waals surface area contributed by atoms with Gasteiger partial charge in [-0.1, -0.05) is 24.3 Å². The summed E-state index contributed by atoms with van der Waals surface area (Å²) < 4.78 is 5.64. The van der Waals surface area contributed by atoms with Crippen LogP contribution in [0.25, 0.3) is 6.08 Å². The van der Waals surface area contributed by atoms with E-state index in [0.29, 0.717) is 0 Å². The molecule has 0 heterocycles. The molecule has 0 fully saturated rings. The van der Waals surface area contributed by atoms with Gasteiger partial charge in [-0.05, 0) is 45.1 Å². The lowest BCUT2D eigenvalue weighted by molar-refractivity contribution is 0.281. The van der Waals surface area contributed by atoms with Crippen molar-refractivity contribution >= 4 is 6.08 Å². The van der Waals surface area contributed by atoms with E-state index in [4.69, 9.17) is 4.74 Å². The fraction of sp³-hybridized carbons (Fsp3) is 0.429. The van der Waals surface area contributed by atoms with Crippen molar-refractivity contribution in [3.63, 3.8) is 0 Å². The Morgan fingerprint density at radius 3 is 2.44 bits per heavy atom. The molecule has 0 bridgehead atoms. The Morgan fingerprint density at radius 1 is 1.19 bits per heavy atom. The van der Waals surface area contributed by atoms with Gasteiger partial charge in [-0.15, -0.1) is 0 Å². The van der Waals surface area contributed by atoms with E-state index in [1.807, 2.05) is 25.1 Å². The number of allylic oxidation sites excluding steroid dienone is 1. The summed E-state index contributed by atoms with van der Waals surface area (Å²) in [6.07, 6.45) is 5.17. The number of rotatable bonds is 6. The Hall–Kier alpha value is -1.28. The van der Waals surface area contributed by atoms with Crippen molar-refractivity contribution in [2.75, 3.05) is 27.2 Å². The second-order valence-corrected chi connectivity index (χ2v) is 4.07. The molecule has 0 aliphatic carbocycles. The minimum Gasteiger partial charge on any atom is -0.494 e. The first-order chi connectivity index (χ1) is 7.72. The standard InChI is InChI=1S/C14H21NO/c1-4-6-13-7-9-14(10-8-13)16-12-5-11-15(2)3/h4,6-10H,5,11-12H2,1-3H3. The molecule has 2 nitrogen and oxygen atoms in total. The number of hydrogen-bond acceptors (Lipinski definition) is 2. The lowest BCUT2D eigenvalue weighted by Gasteiger charge is -2.10. The second-order valence-electron chi connectivity index (χ2n) is 4.07. The average molecular weight is 219 g/mol. The Kier molecular flexibility index (Phi) is 5.65. The zero-order valence-electron chi connectivity index (χ0n) is 10.4. The normalized spacial score (nSPS) is 11.2. The van der Waals surface area contributed by atoms with Crippen LogP contribution in [0.15, 0.2) is 30.3 Å². The van der Waals surface area contributed by atoms with Gasteiger partial charge >= 0.3 is 0 Å². The molecule has 1 aromatic carbocycles. The van der Waals surface area contributed by atoms with E-state index in [2.05, 4.69) is 37.2 Å². The van der Waals surface area contributed by atoms with Crippen LogP contribution in [0.1, 0.15) is 18.9 Å². The number of benzene rings is 1. The highest BCUT2D eigenvalue weighted by Crippen LogP contribution is 2.13. The minimum absolute atomic E-state index is 0.779. The summed E-state index contributed by atoms with van der Waals surface area (Å²) in [6, 6.07) is 8.18. The van der Waals surface area contributed by atoms with Gasteiger partial charge in [-0.25, -0.2) is 0 Å². The molecule has 1 rings (SSSR count). The summed E-state index contributed by atoms with van der Waals surface area (Å²) in [5, 5.41) is 0. The second kappa shape index (κ2) is 7.07. The molecular weight excluding hydrogens is 198 g/mol. The van der Waals surface area contributed by atoms with Crippen LogP contribution >= 0.6 is 0 Å². The van der Waals surface area contributed by atoms with Gasteiger partial charge < -0.3 is 9.64 Å². The molecule has 0 aromatic heterocycles. The van der Waals surface area contributed by atoms with Crippen LogP contribution in [0.5, 0.6) is 5.75 Å². The SMILES string of the molecule is CC=Cc1ccc(OCCCN(C)C)cc1. The monoisotopic (exact) mass is 219 g/mol. The molecule has 0 aliphatic heterocycles. The van der Waals surface area contributed by atoms with Gasteiger partial charge in [0.05, 0.1) is 6.61 Å². The Bertz CT molecular complexity index is 314. The summed E-state index contributed by atoms with van der Waals surface area (Å²) in [4.78, 5) is 2.17. The van der Waals surface area contributed by atoms with Crippen molar-refractivity contribution in [1.82, 2.24) is 4.90 Å². The maximum Gasteiger partial charge on any atom is 0.119 e. The predicted octanol–water partition coefficient (Wildman–Crippen LogP) is 3.05. The number of ether oxygens (including phenoxy) is 1. The summed E-state index contributed by atoms with van der Waals surface area (Å²) >= 11 is 0. The largest absolute Gasteiger partial charge is 0.494 e. The fourth-order valence-corrected chi connectivity index (χ4v) is 1.44. The molecule has 0 N–H and O–H groups in total. The van der Waals surface area contributed by atoms with Gasteiger partial charge in [0.15, 0.2) is 0 Å². The van der Waals surface area contributed by atoms with E-state index in [0.717, 1.165) is 25.3 Å². The molecule has 16 heavy (non-hydrogen) atoms. The zero-order chi connectivity index (χ0) is 11.8. The van der Waals surface area contributed by atoms with E-state index in [1.54, 1.807) is 0 Å². The van der Waals surface area contributed by atoms with E-state index < -0.39 is 0 Å². The Labute approximate surface area is 98.5 Å². The molecule has 0 unspecified atom stereocenters. The molecule has 0 atom stereocenters. The zero-order valence-corrected chi connectivity index (χ0v) is 10.4. The van der Waals surface area contributed by atoms with Gasteiger partial charge in [0.1, 0.15) is 5.75 Å². The first-order valence-electron chi connectivity index (χ1n) is 5.72. The average Bonchev–Trinajstić information content (AvgIpc) is 2.27. The third kappa shape index (κ3) is 4.99. The van der Waals surface area contributed by atoms with Gasteiger partial charge in [-0.3, -0.25) is 0 Å². The molecule has 88 valence electrons.